The van der Waals surface area contributed by atoms with Crippen LogP contribution in [-0.2, 0) is 11.3 Å². The van der Waals surface area contributed by atoms with Crippen LogP contribution >= 0.6 is 11.6 Å². The molecule has 6 nitrogen and oxygen atoms in total. The van der Waals surface area contributed by atoms with Crippen molar-refractivity contribution in [3.05, 3.63) is 32.1 Å². The number of H-pyrrole nitrogens is 1. The van der Waals surface area contributed by atoms with E-state index in [0.29, 0.717) is 0 Å². The van der Waals surface area contributed by atoms with Gasteiger partial charge in [0.05, 0.1) is 25.4 Å². The van der Waals surface area contributed by atoms with Gasteiger partial charge in [0.1, 0.15) is 5.02 Å². The molecule has 0 radical (unpaired) electrons. The first-order chi connectivity index (χ1) is 7.90. The number of nitrogens with zero attached hydrogens (tertiary/aromatic N) is 1. The Kier molecular flexibility index (Phi) is 4.92. The molecule has 0 aromatic carbocycles. The van der Waals surface area contributed by atoms with Gasteiger partial charge in [-0.15, -0.1) is 0 Å². The van der Waals surface area contributed by atoms with Crippen molar-refractivity contribution in [3.63, 3.8) is 0 Å². The van der Waals surface area contributed by atoms with Crippen molar-refractivity contribution in [1.82, 2.24) is 9.55 Å². The molecule has 1 atom stereocenters. The molecule has 0 amide bonds. The molecular weight excluding hydrogens is 248 g/mol. The lowest BCUT2D eigenvalue weighted by Crippen LogP contribution is -2.34. The molecule has 96 valence electrons. The lowest BCUT2D eigenvalue weighted by molar-refractivity contribution is -0.00121. The highest BCUT2D eigenvalue weighted by atomic mass is 35.5. The van der Waals surface area contributed by atoms with E-state index in [4.69, 9.17) is 16.3 Å². The Labute approximate surface area is 103 Å². The summed E-state index contributed by atoms with van der Waals surface area (Å²) in [5.74, 6) is 0. The van der Waals surface area contributed by atoms with Crippen molar-refractivity contribution in [2.45, 2.75) is 32.6 Å². The van der Waals surface area contributed by atoms with Crippen LogP contribution in [-0.4, -0.2) is 33.5 Å². The summed E-state index contributed by atoms with van der Waals surface area (Å²) in [5.41, 5.74) is -1.25. The van der Waals surface area contributed by atoms with Gasteiger partial charge in [0.15, 0.2) is 0 Å². The van der Waals surface area contributed by atoms with Gasteiger partial charge in [-0.2, -0.15) is 0 Å². The SMILES string of the molecule is CC(C)OCC(O)Cn1cc(Cl)c(=O)[nH]c1=O. The Balaban J connectivity index is 2.72. The van der Waals surface area contributed by atoms with E-state index in [0.717, 1.165) is 4.57 Å². The molecule has 0 saturated carbocycles. The summed E-state index contributed by atoms with van der Waals surface area (Å²) in [7, 11) is 0. The van der Waals surface area contributed by atoms with E-state index in [9.17, 15) is 14.7 Å². The third kappa shape index (κ3) is 4.33. The van der Waals surface area contributed by atoms with Crippen molar-refractivity contribution in [2.24, 2.45) is 0 Å². The maximum absolute atomic E-state index is 11.4. The minimum absolute atomic E-state index is 0.000500. The van der Waals surface area contributed by atoms with Gasteiger partial charge in [-0.1, -0.05) is 11.6 Å². The highest BCUT2D eigenvalue weighted by Gasteiger charge is 2.09. The van der Waals surface area contributed by atoms with Crippen molar-refractivity contribution >= 4 is 11.6 Å². The van der Waals surface area contributed by atoms with Crippen LogP contribution < -0.4 is 11.2 Å². The molecule has 0 bridgehead atoms. The summed E-state index contributed by atoms with van der Waals surface area (Å²) < 4.78 is 6.34. The first kappa shape index (κ1) is 14.0. The van der Waals surface area contributed by atoms with Crippen LogP contribution in [0.2, 0.25) is 5.02 Å². The Bertz CT molecular complexity index is 480. The fraction of sp³-hybridized carbons (Fsp3) is 0.600. The summed E-state index contributed by atoms with van der Waals surface area (Å²) in [5, 5.41) is 9.52. The van der Waals surface area contributed by atoms with Gasteiger partial charge in [-0.05, 0) is 13.8 Å². The minimum atomic E-state index is -0.836. The van der Waals surface area contributed by atoms with Gasteiger partial charge in [-0.25, -0.2) is 4.79 Å². The van der Waals surface area contributed by atoms with E-state index in [1.54, 1.807) is 0 Å². The van der Waals surface area contributed by atoms with Crippen LogP contribution in [0.3, 0.4) is 0 Å². The van der Waals surface area contributed by atoms with E-state index in [1.165, 1.54) is 6.20 Å². The third-order valence-corrected chi connectivity index (χ3v) is 2.27. The molecule has 0 spiro atoms. The van der Waals surface area contributed by atoms with E-state index in [-0.39, 0.29) is 24.3 Å². The summed E-state index contributed by atoms with van der Waals surface area (Å²) in [6.45, 7) is 3.81. The van der Waals surface area contributed by atoms with Crippen LogP contribution in [0, 0.1) is 0 Å². The van der Waals surface area contributed by atoms with Crippen LogP contribution in [0.25, 0.3) is 0 Å². The number of aliphatic hydroxyl groups excluding tert-OH is 1. The monoisotopic (exact) mass is 262 g/mol. The third-order valence-electron chi connectivity index (χ3n) is 2.00. The number of halogens is 1. The van der Waals surface area contributed by atoms with Crippen LogP contribution in [0.15, 0.2) is 15.8 Å². The van der Waals surface area contributed by atoms with Crippen molar-refractivity contribution < 1.29 is 9.84 Å². The van der Waals surface area contributed by atoms with Crippen LogP contribution in [0.1, 0.15) is 13.8 Å². The summed E-state index contributed by atoms with van der Waals surface area (Å²) >= 11 is 5.58. The van der Waals surface area contributed by atoms with Crippen LogP contribution in [0.4, 0.5) is 0 Å². The van der Waals surface area contributed by atoms with Gasteiger partial charge in [-0.3, -0.25) is 14.3 Å². The fourth-order valence-electron chi connectivity index (χ4n) is 1.20. The van der Waals surface area contributed by atoms with E-state index >= 15 is 0 Å². The van der Waals surface area contributed by atoms with Crippen molar-refractivity contribution in [3.8, 4) is 0 Å². The molecule has 2 N–H and O–H groups in total. The van der Waals surface area contributed by atoms with E-state index in [2.05, 4.69) is 0 Å². The van der Waals surface area contributed by atoms with Crippen molar-refractivity contribution in [2.75, 3.05) is 6.61 Å². The zero-order valence-corrected chi connectivity index (χ0v) is 10.4. The van der Waals surface area contributed by atoms with Gasteiger partial charge in [0.25, 0.3) is 5.56 Å². The Morgan fingerprint density at radius 1 is 1.53 bits per heavy atom. The Morgan fingerprint density at radius 2 is 2.18 bits per heavy atom. The molecule has 0 aliphatic heterocycles. The number of rotatable bonds is 5. The van der Waals surface area contributed by atoms with Gasteiger partial charge in [0.2, 0.25) is 0 Å². The molecule has 0 saturated heterocycles. The lowest BCUT2D eigenvalue weighted by atomic mass is 10.3. The van der Waals surface area contributed by atoms with E-state index < -0.39 is 17.4 Å². The molecule has 17 heavy (non-hydrogen) atoms. The Hall–Kier alpha value is -1.11. The molecule has 0 fully saturated rings. The molecule has 1 unspecified atom stereocenters. The van der Waals surface area contributed by atoms with E-state index in [1.807, 2.05) is 18.8 Å². The minimum Gasteiger partial charge on any atom is -0.389 e. The van der Waals surface area contributed by atoms with Gasteiger partial charge >= 0.3 is 5.69 Å². The zero-order valence-electron chi connectivity index (χ0n) is 9.64. The quantitative estimate of drug-likeness (QED) is 0.781. The standard InChI is InChI=1S/C10H15ClN2O4/c1-6(2)17-5-7(14)3-13-4-8(11)9(15)12-10(13)16/h4,6-7,14H,3,5H2,1-2H3,(H,12,15,16). The smallest absolute Gasteiger partial charge is 0.328 e. The molecule has 1 aromatic rings. The first-order valence-electron chi connectivity index (χ1n) is 5.19. The highest BCUT2D eigenvalue weighted by molar-refractivity contribution is 6.30. The maximum atomic E-state index is 11.4. The Morgan fingerprint density at radius 3 is 2.76 bits per heavy atom. The van der Waals surface area contributed by atoms with Crippen LogP contribution in [0.5, 0.6) is 0 Å². The summed E-state index contributed by atoms with van der Waals surface area (Å²) in [6, 6.07) is 0. The van der Waals surface area contributed by atoms with Gasteiger partial charge < -0.3 is 9.84 Å². The zero-order chi connectivity index (χ0) is 13.0. The normalized spacial score (nSPS) is 13.0. The predicted octanol–water partition coefficient (Wildman–Crippen LogP) is -0.0241. The number of aliphatic hydroxyl groups is 1. The number of hydrogen-bond donors (Lipinski definition) is 2. The van der Waals surface area contributed by atoms with Gasteiger partial charge in [0, 0.05) is 6.20 Å². The molecule has 1 heterocycles. The number of aromatic nitrogens is 2. The molecular formula is C10H15ClN2O4. The molecule has 1 aromatic heterocycles. The largest absolute Gasteiger partial charge is 0.389 e. The number of ether oxygens (including phenoxy) is 1. The molecule has 7 heteroatoms. The predicted molar refractivity (Wildman–Crippen MR) is 63.4 cm³/mol. The highest BCUT2D eigenvalue weighted by Crippen LogP contribution is 1.98. The average molecular weight is 263 g/mol. The fourth-order valence-corrected chi connectivity index (χ4v) is 1.37. The first-order valence-corrected chi connectivity index (χ1v) is 5.57. The lowest BCUT2D eigenvalue weighted by Gasteiger charge is -2.14. The van der Waals surface area contributed by atoms with Crippen molar-refractivity contribution in [1.29, 1.82) is 0 Å². The molecule has 0 aliphatic carbocycles. The second-order valence-corrected chi connectivity index (χ2v) is 4.33. The average Bonchev–Trinajstić information content (AvgIpc) is 2.23. The number of nitrogens with one attached hydrogen (secondary N) is 1. The second-order valence-electron chi connectivity index (χ2n) is 3.92. The molecule has 1 rings (SSSR count). The number of aromatic amines is 1. The topological polar surface area (TPSA) is 84.3 Å². The summed E-state index contributed by atoms with van der Waals surface area (Å²) in [6.07, 6.45) is 0.360. The number of hydrogen-bond acceptors (Lipinski definition) is 4. The summed E-state index contributed by atoms with van der Waals surface area (Å²) in [4.78, 5) is 24.4. The molecule has 0 aliphatic rings. The maximum Gasteiger partial charge on any atom is 0.328 e. The second kappa shape index (κ2) is 6.00.